The third-order valence-corrected chi connectivity index (χ3v) is 1.58. The largest absolute Gasteiger partial charge is 0.285 e. The zero-order chi connectivity index (χ0) is 11.3. The molecule has 0 N–H and O–H groups in total. The lowest BCUT2D eigenvalue weighted by molar-refractivity contribution is 0.408. The molecule has 1 aromatic rings. The van der Waals surface area contributed by atoms with Gasteiger partial charge in [0.15, 0.2) is 0 Å². The summed E-state index contributed by atoms with van der Waals surface area (Å²) in [5.41, 5.74) is 1.25. The summed E-state index contributed by atoms with van der Waals surface area (Å²) in [6, 6.07) is 8.62. The minimum absolute atomic E-state index is 0.347. The van der Waals surface area contributed by atoms with E-state index in [1.54, 1.807) is 26.2 Å². The summed E-state index contributed by atoms with van der Waals surface area (Å²) in [7, 11) is 3.47. The lowest BCUT2D eigenvalue weighted by atomic mass is 10.1. The predicted molar refractivity (Wildman–Crippen MR) is 54.1 cm³/mol. The van der Waals surface area contributed by atoms with Gasteiger partial charge in [-0.25, -0.2) is 0 Å². The van der Waals surface area contributed by atoms with Crippen LogP contribution in [0.25, 0.3) is 0 Å². The summed E-state index contributed by atoms with van der Waals surface area (Å²) < 4.78 is 0. The minimum atomic E-state index is 0.347. The predicted octanol–water partition coefficient (Wildman–Crippen LogP) is 1.99. The summed E-state index contributed by atoms with van der Waals surface area (Å²) in [4.78, 5) is 0. The number of nitrogens with zero attached hydrogens (tertiary/aromatic N) is 5. The van der Waals surface area contributed by atoms with Gasteiger partial charge in [-0.2, -0.15) is 10.5 Å². The Hall–Kier alpha value is -2.40. The average Bonchev–Trinajstić information content (AvgIpc) is 2.25. The van der Waals surface area contributed by atoms with Crippen LogP contribution in [0.4, 0.5) is 5.69 Å². The summed E-state index contributed by atoms with van der Waals surface area (Å²) in [5, 5.41) is 26.7. The third kappa shape index (κ3) is 2.78. The second-order valence-corrected chi connectivity index (χ2v) is 2.99. The molecule has 0 spiro atoms. The lowest BCUT2D eigenvalue weighted by Gasteiger charge is -2.01. The maximum atomic E-state index is 8.83. The van der Waals surface area contributed by atoms with E-state index in [4.69, 9.17) is 10.5 Å². The Bertz CT molecular complexity index is 462. The van der Waals surface area contributed by atoms with E-state index in [-0.39, 0.29) is 0 Å². The first-order valence-electron chi connectivity index (χ1n) is 4.20. The molecular weight excluding hydrogens is 190 g/mol. The molecule has 0 aliphatic heterocycles. The van der Waals surface area contributed by atoms with Crippen molar-refractivity contribution in [3.05, 3.63) is 29.3 Å². The molecule has 0 aromatic heterocycles. The number of hydrogen-bond acceptors (Lipinski definition) is 4. The molecule has 0 amide bonds. The van der Waals surface area contributed by atoms with Crippen molar-refractivity contribution in [2.45, 2.75) is 0 Å². The van der Waals surface area contributed by atoms with Crippen molar-refractivity contribution in [1.29, 1.82) is 10.5 Å². The fourth-order valence-electron chi connectivity index (χ4n) is 0.920. The van der Waals surface area contributed by atoms with Crippen molar-refractivity contribution in [3.8, 4) is 12.1 Å². The Kier molecular flexibility index (Phi) is 3.37. The molecule has 5 heteroatoms. The van der Waals surface area contributed by atoms with E-state index in [0.717, 1.165) is 0 Å². The lowest BCUT2D eigenvalue weighted by Crippen LogP contribution is -1.99. The van der Waals surface area contributed by atoms with Gasteiger partial charge in [0.2, 0.25) is 0 Å². The van der Waals surface area contributed by atoms with Crippen LogP contribution < -0.4 is 0 Å². The van der Waals surface area contributed by atoms with Crippen LogP contribution in [0.3, 0.4) is 0 Å². The Morgan fingerprint density at radius 3 is 2.47 bits per heavy atom. The monoisotopic (exact) mass is 199 g/mol. The first-order valence-corrected chi connectivity index (χ1v) is 4.20. The average molecular weight is 199 g/mol. The molecule has 0 saturated carbocycles. The highest BCUT2D eigenvalue weighted by atomic mass is 15.5. The van der Waals surface area contributed by atoms with Crippen LogP contribution >= 0.6 is 0 Å². The van der Waals surface area contributed by atoms with Gasteiger partial charge in [0.05, 0.1) is 17.2 Å². The Balaban J connectivity index is 3.11. The van der Waals surface area contributed by atoms with Crippen molar-refractivity contribution >= 4 is 5.69 Å². The van der Waals surface area contributed by atoms with Crippen LogP contribution in [0, 0.1) is 22.7 Å². The van der Waals surface area contributed by atoms with Crippen molar-refractivity contribution < 1.29 is 0 Å². The quantitative estimate of drug-likeness (QED) is 0.539. The van der Waals surface area contributed by atoms with Crippen LogP contribution in [0.15, 0.2) is 28.5 Å². The van der Waals surface area contributed by atoms with Crippen LogP contribution in [-0.2, 0) is 0 Å². The molecule has 0 atom stereocenters. The van der Waals surface area contributed by atoms with Gasteiger partial charge in [-0.3, -0.25) is 5.01 Å². The van der Waals surface area contributed by atoms with Gasteiger partial charge in [0, 0.05) is 14.1 Å². The standard InChI is InChI=1S/C10H9N5/c1-15(2)14-13-10-4-3-8(6-11)5-9(10)7-12/h3-5H,1-2H3. The number of nitriles is 2. The normalized spacial score (nSPS) is 9.60. The molecule has 0 heterocycles. The smallest absolute Gasteiger partial charge is 0.105 e. The van der Waals surface area contributed by atoms with Gasteiger partial charge in [-0.1, -0.05) is 5.22 Å². The highest BCUT2D eigenvalue weighted by Crippen LogP contribution is 2.20. The van der Waals surface area contributed by atoms with E-state index in [2.05, 4.69) is 10.3 Å². The summed E-state index contributed by atoms with van der Waals surface area (Å²) in [5.74, 6) is 0. The summed E-state index contributed by atoms with van der Waals surface area (Å²) in [6.45, 7) is 0. The van der Waals surface area contributed by atoms with Crippen molar-refractivity contribution in [2.24, 2.45) is 10.3 Å². The van der Waals surface area contributed by atoms with Gasteiger partial charge in [0.25, 0.3) is 0 Å². The van der Waals surface area contributed by atoms with Crippen LogP contribution in [0.2, 0.25) is 0 Å². The van der Waals surface area contributed by atoms with E-state index in [1.807, 2.05) is 12.1 Å². The van der Waals surface area contributed by atoms with Crippen molar-refractivity contribution in [2.75, 3.05) is 14.1 Å². The molecular formula is C10H9N5. The number of benzene rings is 1. The Labute approximate surface area is 87.9 Å². The molecule has 5 nitrogen and oxygen atoms in total. The van der Waals surface area contributed by atoms with Gasteiger partial charge in [-0.05, 0) is 18.2 Å². The van der Waals surface area contributed by atoms with Crippen LogP contribution in [0.5, 0.6) is 0 Å². The van der Waals surface area contributed by atoms with Crippen LogP contribution in [0.1, 0.15) is 11.1 Å². The molecule has 1 rings (SSSR count). The van der Waals surface area contributed by atoms with E-state index in [9.17, 15) is 0 Å². The number of rotatable bonds is 2. The molecule has 0 unspecified atom stereocenters. The van der Waals surface area contributed by atoms with E-state index in [1.165, 1.54) is 11.1 Å². The Morgan fingerprint density at radius 2 is 1.93 bits per heavy atom. The maximum absolute atomic E-state index is 8.83. The third-order valence-electron chi connectivity index (χ3n) is 1.58. The van der Waals surface area contributed by atoms with Gasteiger partial charge in [-0.15, -0.1) is 5.11 Å². The highest BCUT2D eigenvalue weighted by molar-refractivity contribution is 5.56. The molecule has 74 valence electrons. The van der Waals surface area contributed by atoms with Crippen LogP contribution in [-0.4, -0.2) is 19.1 Å². The molecule has 0 aliphatic carbocycles. The topological polar surface area (TPSA) is 75.5 Å². The first kappa shape index (κ1) is 10.7. The van der Waals surface area contributed by atoms with E-state index >= 15 is 0 Å². The molecule has 1 aromatic carbocycles. The fraction of sp³-hybridized carbons (Fsp3) is 0.200. The first-order chi connectivity index (χ1) is 7.17. The highest BCUT2D eigenvalue weighted by Gasteiger charge is 2.02. The summed E-state index contributed by atoms with van der Waals surface area (Å²) in [6.07, 6.45) is 0. The maximum Gasteiger partial charge on any atom is 0.105 e. The number of hydrogen-bond donors (Lipinski definition) is 0. The van der Waals surface area contributed by atoms with Gasteiger partial charge < -0.3 is 0 Å². The summed E-state index contributed by atoms with van der Waals surface area (Å²) >= 11 is 0. The molecule has 0 bridgehead atoms. The second kappa shape index (κ2) is 4.73. The molecule has 15 heavy (non-hydrogen) atoms. The Morgan fingerprint density at radius 1 is 1.20 bits per heavy atom. The van der Waals surface area contributed by atoms with E-state index in [0.29, 0.717) is 16.8 Å². The van der Waals surface area contributed by atoms with Gasteiger partial charge >= 0.3 is 0 Å². The minimum Gasteiger partial charge on any atom is -0.285 e. The van der Waals surface area contributed by atoms with Crippen molar-refractivity contribution in [3.63, 3.8) is 0 Å². The molecule has 0 fully saturated rings. The van der Waals surface area contributed by atoms with E-state index < -0.39 is 0 Å². The zero-order valence-corrected chi connectivity index (χ0v) is 8.47. The van der Waals surface area contributed by atoms with Gasteiger partial charge in [0.1, 0.15) is 11.8 Å². The zero-order valence-electron chi connectivity index (χ0n) is 8.47. The SMILES string of the molecule is CN(C)N=Nc1ccc(C#N)cc1C#N. The van der Waals surface area contributed by atoms with Crippen molar-refractivity contribution in [1.82, 2.24) is 5.01 Å². The second-order valence-electron chi connectivity index (χ2n) is 2.99. The molecule has 0 radical (unpaired) electrons. The molecule has 0 saturated heterocycles. The fourth-order valence-corrected chi connectivity index (χ4v) is 0.920. The molecule has 0 aliphatic rings.